The lowest BCUT2D eigenvalue weighted by Gasteiger charge is -2.07. The highest BCUT2D eigenvalue weighted by molar-refractivity contribution is 5.86. The summed E-state index contributed by atoms with van der Waals surface area (Å²) in [6.45, 7) is 3.83. The molecule has 1 atom stereocenters. The van der Waals surface area contributed by atoms with Gasteiger partial charge in [-0.25, -0.2) is 9.78 Å². The molecule has 0 fully saturated rings. The maximum Gasteiger partial charge on any atom is 0.331 e. The second-order valence-corrected chi connectivity index (χ2v) is 3.00. The van der Waals surface area contributed by atoms with E-state index in [0.717, 1.165) is 12.1 Å². The van der Waals surface area contributed by atoms with Crippen molar-refractivity contribution in [3.63, 3.8) is 0 Å². The Morgan fingerprint density at radius 2 is 2.57 bits per heavy atom. The number of nitrogens with zero attached hydrogens (tertiary/aromatic N) is 1. The summed E-state index contributed by atoms with van der Waals surface area (Å²) in [5.41, 5.74) is 0.783. The zero-order valence-corrected chi connectivity index (χ0v) is 8.36. The van der Waals surface area contributed by atoms with Crippen LogP contribution in [0.5, 0.6) is 0 Å². The lowest BCUT2D eigenvalue weighted by atomic mass is 10.3. The predicted octanol–water partition coefficient (Wildman–Crippen LogP) is 1.76. The van der Waals surface area contributed by atoms with Gasteiger partial charge >= 0.3 is 5.97 Å². The van der Waals surface area contributed by atoms with E-state index in [4.69, 9.17) is 4.74 Å². The largest absolute Gasteiger partial charge is 0.460 e. The van der Waals surface area contributed by atoms with Crippen molar-refractivity contribution in [2.45, 2.75) is 26.4 Å². The molecular formula is C10H14N2O2. The fourth-order valence-corrected chi connectivity index (χ4v) is 0.837. The number of carbonyl (C=O) groups is 1. The summed E-state index contributed by atoms with van der Waals surface area (Å²) in [5.74, 6) is -0.325. The number of ether oxygens (including phenoxy) is 1. The van der Waals surface area contributed by atoms with Crippen molar-refractivity contribution >= 4 is 12.0 Å². The SMILES string of the molecule is CCC(C)OC(=O)/C=C/c1cnc[nH]1. The van der Waals surface area contributed by atoms with E-state index in [-0.39, 0.29) is 12.1 Å². The Kier molecular flexibility index (Phi) is 3.91. The fourth-order valence-electron chi connectivity index (χ4n) is 0.837. The quantitative estimate of drug-likeness (QED) is 0.587. The molecule has 0 saturated heterocycles. The van der Waals surface area contributed by atoms with E-state index in [0.29, 0.717) is 0 Å². The summed E-state index contributed by atoms with van der Waals surface area (Å²) in [6.07, 6.45) is 7.00. The van der Waals surface area contributed by atoms with Gasteiger partial charge in [-0.15, -0.1) is 0 Å². The summed E-state index contributed by atoms with van der Waals surface area (Å²) in [4.78, 5) is 17.8. The second-order valence-electron chi connectivity index (χ2n) is 3.00. The molecule has 76 valence electrons. The van der Waals surface area contributed by atoms with Crippen LogP contribution < -0.4 is 0 Å². The first kappa shape index (κ1) is 10.5. The number of esters is 1. The molecule has 1 rings (SSSR count). The summed E-state index contributed by atoms with van der Waals surface area (Å²) < 4.78 is 5.04. The topological polar surface area (TPSA) is 55.0 Å². The van der Waals surface area contributed by atoms with E-state index in [9.17, 15) is 4.79 Å². The standard InChI is InChI=1S/C10H14N2O2/c1-3-8(2)14-10(13)5-4-9-6-11-7-12-9/h4-8H,3H2,1-2H3,(H,11,12)/b5-4+. The number of rotatable bonds is 4. The second kappa shape index (κ2) is 5.21. The summed E-state index contributed by atoms with van der Waals surface area (Å²) in [5, 5.41) is 0. The third kappa shape index (κ3) is 3.43. The molecule has 1 aromatic rings. The Labute approximate surface area is 83.0 Å². The zero-order chi connectivity index (χ0) is 10.4. The number of imidazole rings is 1. The molecule has 0 spiro atoms. The van der Waals surface area contributed by atoms with Crippen molar-refractivity contribution in [1.82, 2.24) is 9.97 Å². The molecule has 0 aliphatic rings. The first-order valence-electron chi connectivity index (χ1n) is 4.59. The van der Waals surface area contributed by atoms with Crippen molar-refractivity contribution in [3.05, 3.63) is 24.3 Å². The third-order valence-electron chi connectivity index (χ3n) is 1.81. The zero-order valence-electron chi connectivity index (χ0n) is 8.36. The lowest BCUT2D eigenvalue weighted by Crippen LogP contribution is -2.11. The number of H-pyrrole nitrogens is 1. The third-order valence-corrected chi connectivity index (χ3v) is 1.81. The van der Waals surface area contributed by atoms with Crippen LogP contribution in [0.3, 0.4) is 0 Å². The van der Waals surface area contributed by atoms with Crippen LogP contribution in [0.1, 0.15) is 26.0 Å². The highest BCUT2D eigenvalue weighted by Gasteiger charge is 2.02. The van der Waals surface area contributed by atoms with Crippen LogP contribution in [0, 0.1) is 0 Å². The number of hydrogen-bond acceptors (Lipinski definition) is 3. The van der Waals surface area contributed by atoms with Gasteiger partial charge < -0.3 is 9.72 Å². The van der Waals surface area contributed by atoms with Gasteiger partial charge in [-0.3, -0.25) is 0 Å². The number of aromatic amines is 1. The molecule has 0 radical (unpaired) electrons. The predicted molar refractivity (Wildman–Crippen MR) is 53.5 cm³/mol. The van der Waals surface area contributed by atoms with E-state index in [1.54, 1.807) is 18.6 Å². The van der Waals surface area contributed by atoms with Crippen molar-refractivity contribution in [3.8, 4) is 0 Å². The van der Waals surface area contributed by atoms with Crippen LogP contribution in [-0.2, 0) is 9.53 Å². The van der Waals surface area contributed by atoms with Gasteiger partial charge in [0.25, 0.3) is 0 Å². The molecule has 0 bridgehead atoms. The van der Waals surface area contributed by atoms with Crippen molar-refractivity contribution in [2.75, 3.05) is 0 Å². The molecule has 4 nitrogen and oxygen atoms in total. The average Bonchev–Trinajstić information content (AvgIpc) is 2.67. The normalized spacial score (nSPS) is 13.0. The maximum absolute atomic E-state index is 11.2. The van der Waals surface area contributed by atoms with Crippen LogP contribution >= 0.6 is 0 Å². The maximum atomic E-state index is 11.2. The monoisotopic (exact) mass is 194 g/mol. The molecular weight excluding hydrogens is 180 g/mol. The van der Waals surface area contributed by atoms with Crippen molar-refractivity contribution < 1.29 is 9.53 Å². The van der Waals surface area contributed by atoms with Gasteiger partial charge in [-0.2, -0.15) is 0 Å². The minimum absolute atomic E-state index is 0.0334. The van der Waals surface area contributed by atoms with E-state index in [2.05, 4.69) is 9.97 Å². The van der Waals surface area contributed by atoms with Gasteiger partial charge in [0.05, 0.1) is 24.3 Å². The van der Waals surface area contributed by atoms with Crippen LogP contribution in [0.15, 0.2) is 18.6 Å². The van der Waals surface area contributed by atoms with E-state index in [1.807, 2.05) is 13.8 Å². The van der Waals surface area contributed by atoms with E-state index >= 15 is 0 Å². The van der Waals surface area contributed by atoms with Gasteiger partial charge in [0, 0.05) is 6.08 Å². The molecule has 1 N–H and O–H groups in total. The highest BCUT2D eigenvalue weighted by Crippen LogP contribution is 1.99. The van der Waals surface area contributed by atoms with Crippen LogP contribution in [-0.4, -0.2) is 22.0 Å². The fraction of sp³-hybridized carbons (Fsp3) is 0.400. The Hall–Kier alpha value is -1.58. The number of nitrogens with one attached hydrogen (secondary N) is 1. The lowest BCUT2D eigenvalue weighted by molar-refractivity contribution is -0.142. The van der Waals surface area contributed by atoms with Gasteiger partial charge in [0.15, 0.2) is 0 Å². The van der Waals surface area contributed by atoms with E-state index in [1.165, 1.54) is 6.08 Å². The van der Waals surface area contributed by atoms with Gasteiger partial charge in [0.2, 0.25) is 0 Å². The summed E-state index contributed by atoms with van der Waals surface area (Å²) in [6, 6.07) is 0. The molecule has 4 heteroatoms. The van der Waals surface area contributed by atoms with Crippen molar-refractivity contribution in [1.29, 1.82) is 0 Å². The Morgan fingerprint density at radius 1 is 1.79 bits per heavy atom. The molecule has 0 amide bonds. The number of hydrogen-bond donors (Lipinski definition) is 1. The first-order chi connectivity index (χ1) is 6.72. The van der Waals surface area contributed by atoms with E-state index < -0.39 is 0 Å². The minimum atomic E-state index is -0.325. The van der Waals surface area contributed by atoms with Crippen molar-refractivity contribution in [2.24, 2.45) is 0 Å². The molecule has 1 aromatic heterocycles. The average molecular weight is 194 g/mol. The summed E-state index contributed by atoms with van der Waals surface area (Å²) >= 11 is 0. The Balaban J connectivity index is 2.41. The van der Waals surface area contributed by atoms with Crippen LogP contribution in [0.4, 0.5) is 0 Å². The van der Waals surface area contributed by atoms with Gasteiger partial charge in [-0.05, 0) is 19.4 Å². The molecule has 0 saturated carbocycles. The smallest absolute Gasteiger partial charge is 0.331 e. The Morgan fingerprint density at radius 3 is 3.14 bits per heavy atom. The number of aromatic nitrogens is 2. The molecule has 0 aliphatic heterocycles. The van der Waals surface area contributed by atoms with Crippen LogP contribution in [0.2, 0.25) is 0 Å². The first-order valence-corrected chi connectivity index (χ1v) is 4.59. The summed E-state index contributed by atoms with van der Waals surface area (Å²) in [7, 11) is 0. The minimum Gasteiger partial charge on any atom is -0.460 e. The Bertz CT molecular complexity index is 304. The molecule has 1 heterocycles. The molecule has 0 aliphatic carbocycles. The highest BCUT2D eigenvalue weighted by atomic mass is 16.5. The number of carbonyl (C=O) groups excluding carboxylic acids is 1. The molecule has 1 unspecified atom stereocenters. The van der Waals surface area contributed by atoms with Crippen LogP contribution in [0.25, 0.3) is 6.08 Å². The van der Waals surface area contributed by atoms with Gasteiger partial charge in [0.1, 0.15) is 0 Å². The van der Waals surface area contributed by atoms with Gasteiger partial charge in [-0.1, -0.05) is 6.92 Å². The molecule has 0 aromatic carbocycles. The molecule has 14 heavy (non-hydrogen) atoms.